The number of para-hydroxylation sites is 1. The molecule has 0 aromatic heterocycles. The van der Waals surface area contributed by atoms with Crippen molar-refractivity contribution in [2.24, 2.45) is 0 Å². The van der Waals surface area contributed by atoms with Crippen LogP contribution >= 0.6 is 11.9 Å². The van der Waals surface area contributed by atoms with Gasteiger partial charge < -0.3 is 5.11 Å². The molecule has 0 fully saturated rings. The molecule has 0 saturated heterocycles. The van der Waals surface area contributed by atoms with Crippen LogP contribution in [0.1, 0.15) is 21.5 Å². The lowest BCUT2D eigenvalue weighted by Gasteiger charge is -2.23. The molecule has 3 aromatic rings. The van der Waals surface area contributed by atoms with Gasteiger partial charge >= 0.3 is 5.97 Å². The second kappa shape index (κ2) is 8.85. The van der Waals surface area contributed by atoms with Crippen LogP contribution in [0.3, 0.4) is 0 Å². The van der Waals surface area contributed by atoms with E-state index in [1.807, 2.05) is 0 Å². The minimum Gasteiger partial charge on any atom is -0.478 e. The summed E-state index contributed by atoms with van der Waals surface area (Å²) in [5, 5.41) is 9.33. The first-order valence-corrected chi connectivity index (χ1v) is 11.1. The number of rotatable bonds is 7. The van der Waals surface area contributed by atoms with E-state index in [1.54, 1.807) is 37.3 Å². The van der Waals surface area contributed by atoms with Crippen LogP contribution in [0.5, 0.6) is 0 Å². The molecule has 9 heteroatoms. The highest BCUT2D eigenvalue weighted by atomic mass is 32.3. The summed E-state index contributed by atoms with van der Waals surface area (Å²) >= 11 is 0.871. The van der Waals surface area contributed by atoms with Crippen molar-refractivity contribution in [3.05, 3.63) is 95.1 Å². The molecule has 3 aromatic carbocycles. The molecule has 0 amide bonds. The van der Waals surface area contributed by atoms with Gasteiger partial charge in [-0.05, 0) is 66.4 Å². The number of sulfonamides is 1. The average molecular weight is 450 g/mol. The summed E-state index contributed by atoms with van der Waals surface area (Å²) in [5.74, 6) is -3.20. The van der Waals surface area contributed by atoms with Gasteiger partial charge in [-0.25, -0.2) is 25.7 Å². The third-order valence-corrected chi connectivity index (χ3v) is 7.56. The van der Waals surface area contributed by atoms with Gasteiger partial charge in [-0.3, -0.25) is 0 Å². The van der Waals surface area contributed by atoms with Crippen molar-refractivity contribution in [1.29, 1.82) is 0 Å². The zero-order valence-electron chi connectivity index (χ0n) is 15.7. The Labute approximate surface area is 177 Å². The molecule has 0 radical (unpaired) electrons. The number of carboxylic acid groups (broad SMARTS) is 1. The van der Waals surface area contributed by atoms with Crippen molar-refractivity contribution in [3.63, 3.8) is 0 Å². The Bertz CT molecular complexity index is 1180. The normalized spacial score (nSPS) is 11.3. The van der Waals surface area contributed by atoms with E-state index in [0.29, 0.717) is 16.8 Å². The zero-order valence-corrected chi connectivity index (χ0v) is 17.4. The Balaban J connectivity index is 2.00. The maximum atomic E-state index is 13.5. The van der Waals surface area contributed by atoms with E-state index in [9.17, 15) is 27.1 Å². The number of benzene rings is 3. The predicted octanol–water partition coefficient (Wildman–Crippen LogP) is 5.02. The molecule has 0 unspecified atom stereocenters. The van der Waals surface area contributed by atoms with Gasteiger partial charge in [0.2, 0.25) is 0 Å². The monoisotopic (exact) mass is 449 g/mol. The highest BCUT2D eigenvalue weighted by molar-refractivity contribution is 8.14. The van der Waals surface area contributed by atoms with Crippen LogP contribution in [0.4, 0.5) is 14.5 Å². The van der Waals surface area contributed by atoms with Crippen LogP contribution in [0.2, 0.25) is 0 Å². The van der Waals surface area contributed by atoms with Gasteiger partial charge in [0.1, 0.15) is 0 Å². The van der Waals surface area contributed by atoms with E-state index in [0.717, 1.165) is 33.9 Å². The SMILES string of the molecule is Cc1ccc(S(=O)(=O)N(SCc2ccc(F)c(F)c2)c2ccccc2)cc1C(=O)O. The fraction of sp³-hybridized carbons (Fsp3) is 0.0952. The van der Waals surface area contributed by atoms with Gasteiger partial charge in [0.15, 0.2) is 11.6 Å². The van der Waals surface area contributed by atoms with E-state index < -0.39 is 27.6 Å². The Morgan fingerprint density at radius 3 is 2.33 bits per heavy atom. The number of carbonyl (C=O) groups is 1. The number of hydrogen-bond acceptors (Lipinski definition) is 4. The second-order valence-corrected chi connectivity index (χ2v) is 9.30. The maximum absolute atomic E-state index is 13.5. The predicted molar refractivity (Wildman–Crippen MR) is 112 cm³/mol. The average Bonchev–Trinajstić information content (AvgIpc) is 2.71. The molecule has 0 atom stereocenters. The second-order valence-electron chi connectivity index (χ2n) is 6.37. The number of nitrogens with zero attached hydrogens (tertiary/aromatic N) is 1. The van der Waals surface area contributed by atoms with Crippen molar-refractivity contribution in [1.82, 2.24) is 0 Å². The quantitative estimate of drug-likeness (QED) is 0.513. The van der Waals surface area contributed by atoms with E-state index in [1.165, 1.54) is 18.2 Å². The molecule has 5 nitrogen and oxygen atoms in total. The molecular weight excluding hydrogens is 432 g/mol. The van der Waals surface area contributed by atoms with Gasteiger partial charge in [-0.15, -0.1) is 0 Å². The molecule has 30 heavy (non-hydrogen) atoms. The Morgan fingerprint density at radius 2 is 1.70 bits per heavy atom. The number of halogens is 2. The molecule has 3 rings (SSSR count). The third-order valence-electron chi connectivity index (χ3n) is 4.26. The minimum atomic E-state index is -4.15. The molecule has 0 aliphatic heterocycles. The van der Waals surface area contributed by atoms with E-state index >= 15 is 0 Å². The fourth-order valence-corrected chi connectivity index (χ4v) is 5.47. The van der Waals surface area contributed by atoms with Gasteiger partial charge in [-0.2, -0.15) is 0 Å². The largest absolute Gasteiger partial charge is 0.478 e. The topological polar surface area (TPSA) is 74.7 Å². The lowest BCUT2D eigenvalue weighted by molar-refractivity contribution is 0.0696. The molecule has 0 bridgehead atoms. The maximum Gasteiger partial charge on any atom is 0.335 e. The smallest absolute Gasteiger partial charge is 0.335 e. The summed E-state index contributed by atoms with van der Waals surface area (Å²) < 4.78 is 54.4. The van der Waals surface area contributed by atoms with E-state index in [4.69, 9.17) is 0 Å². The molecule has 0 spiro atoms. The summed E-state index contributed by atoms with van der Waals surface area (Å²) in [4.78, 5) is 11.2. The summed E-state index contributed by atoms with van der Waals surface area (Å²) in [6, 6.07) is 15.5. The molecule has 0 saturated carbocycles. The van der Waals surface area contributed by atoms with E-state index in [2.05, 4.69) is 0 Å². The highest BCUT2D eigenvalue weighted by Crippen LogP contribution is 2.33. The molecule has 0 heterocycles. The summed E-state index contributed by atoms with van der Waals surface area (Å²) in [7, 11) is -4.15. The number of anilines is 1. The highest BCUT2D eigenvalue weighted by Gasteiger charge is 2.27. The molecular formula is C21H17F2NO4S2. The number of hydrogen-bond donors (Lipinski definition) is 1. The van der Waals surface area contributed by atoms with Crippen molar-refractivity contribution in [3.8, 4) is 0 Å². The molecule has 0 aliphatic rings. The zero-order chi connectivity index (χ0) is 21.9. The first-order chi connectivity index (χ1) is 14.2. The van der Waals surface area contributed by atoms with Crippen molar-refractivity contribution in [2.45, 2.75) is 17.6 Å². The van der Waals surface area contributed by atoms with Gasteiger partial charge in [0.05, 0.1) is 16.1 Å². The molecule has 156 valence electrons. The summed E-state index contributed by atoms with van der Waals surface area (Å²) in [5.41, 5.74) is 1.05. The van der Waals surface area contributed by atoms with Gasteiger partial charge in [-0.1, -0.05) is 30.3 Å². The number of carboxylic acids is 1. The minimum absolute atomic E-state index is 0.0446. The molecule has 0 aliphatic carbocycles. The first-order valence-electron chi connectivity index (χ1n) is 8.71. The Hall–Kier alpha value is -2.91. The standard InChI is InChI=1S/C21H17F2NO4S2/c1-14-7-9-17(12-18(14)21(25)26)30(27,28)24(16-5-3-2-4-6-16)29-13-15-8-10-19(22)20(23)11-15/h2-12H,13H2,1H3,(H,25,26). The Kier molecular flexibility index (Phi) is 6.42. The number of aryl methyl sites for hydroxylation is 1. The summed E-state index contributed by atoms with van der Waals surface area (Å²) in [6.45, 7) is 1.58. The van der Waals surface area contributed by atoms with Crippen molar-refractivity contribution >= 4 is 33.6 Å². The fourth-order valence-electron chi connectivity index (χ4n) is 2.68. The van der Waals surface area contributed by atoms with Crippen LogP contribution in [0, 0.1) is 18.6 Å². The first kappa shape index (κ1) is 21.8. The lowest BCUT2D eigenvalue weighted by Crippen LogP contribution is -2.25. The summed E-state index contributed by atoms with van der Waals surface area (Å²) in [6.07, 6.45) is 0. The van der Waals surface area contributed by atoms with Crippen LogP contribution in [0.25, 0.3) is 0 Å². The number of aromatic carboxylic acids is 1. The third kappa shape index (κ3) is 4.63. The molecule has 1 N–H and O–H groups in total. The van der Waals surface area contributed by atoms with Crippen LogP contribution < -0.4 is 3.71 Å². The van der Waals surface area contributed by atoms with Crippen LogP contribution in [0.15, 0.2) is 71.6 Å². The lowest BCUT2D eigenvalue weighted by atomic mass is 10.1. The van der Waals surface area contributed by atoms with Crippen molar-refractivity contribution < 1.29 is 27.1 Å². The van der Waals surface area contributed by atoms with Gasteiger partial charge in [0.25, 0.3) is 10.0 Å². The van der Waals surface area contributed by atoms with Crippen LogP contribution in [-0.2, 0) is 15.8 Å². The van der Waals surface area contributed by atoms with E-state index in [-0.39, 0.29) is 16.2 Å². The Morgan fingerprint density at radius 1 is 1.00 bits per heavy atom. The van der Waals surface area contributed by atoms with Crippen LogP contribution in [-0.4, -0.2) is 19.5 Å². The van der Waals surface area contributed by atoms with Gasteiger partial charge in [0, 0.05) is 5.75 Å². The van der Waals surface area contributed by atoms with Crippen molar-refractivity contribution in [2.75, 3.05) is 3.71 Å².